The Morgan fingerprint density at radius 1 is 1.54 bits per heavy atom. The monoisotopic (exact) mass is 194 g/mol. The summed E-state index contributed by atoms with van der Waals surface area (Å²) in [5, 5.41) is 8.18. The van der Waals surface area contributed by atoms with E-state index in [-0.39, 0.29) is 0 Å². The molecule has 0 amide bonds. The van der Waals surface area contributed by atoms with Crippen molar-refractivity contribution in [3.8, 4) is 0 Å². The van der Waals surface area contributed by atoms with E-state index in [0.717, 1.165) is 12.0 Å². The maximum absolute atomic E-state index is 3.62. The molecule has 0 saturated carbocycles. The fourth-order valence-electron chi connectivity index (χ4n) is 2.51. The molecule has 1 N–H and O–H groups in total. The molecule has 2 aliphatic rings. The quantitative estimate of drug-likeness (QED) is 0.679. The topological polar surface area (TPSA) is 15.3 Å². The highest BCUT2D eigenvalue weighted by molar-refractivity contribution is 7.08. The minimum Gasteiger partial charge on any atom is -0.381 e. The van der Waals surface area contributed by atoms with Gasteiger partial charge in [0, 0.05) is 29.6 Å². The van der Waals surface area contributed by atoms with Crippen molar-refractivity contribution in [3.05, 3.63) is 16.3 Å². The van der Waals surface area contributed by atoms with E-state index in [1.54, 1.807) is 5.56 Å². The zero-order chi connectivity index (χ0) is 8.84. The van der Waals surface area contributed by atoms with E-state index in [9.17, 15) is 0 Å². The molecule has 0 bridgehead atoms. The van der Waals surface area contributed by atoms with Crippen LogP contribution in [0.25, 0.3) is 0 Å². The molecule has 2 unspecified atom stereocenters. The molecule has 0 radical (unpaired) electrons. The Balaban J connectivity index is 1.94. The van der Waals surface area contributed by atoms with E-state index in [4.69, 9.17) is 0 Å². The van der Waals surface area contributed by atoms with Crippen molar-refractivity contribution >= 4 is 17.0 Å². The lowest BCUT2D eigenvalue weighted by Crippen LogP contribution is -2.39. The summed E-state index contributed by atoms with van der Waals surface area (Å²) in [6.45, 7) is 2.46. The molecule has 2 nitrogen and oxygen atoms in total. The highest BCUT2D eigenvalue weighted by Gasteiger charge is 2.35. The molecule has 70 valence electrons. The summed E-state index contributed by atoms with van der Waals surface area (Å²) < 4.78 is 0. The van der Waals surface area contributed by atoms with E-state index < -0.39 is 0 Å². The molecular formula is C10H14N2S. The van der Waals surface area contributed by atoms with Gasteiger partial charge in [-0.15, -0.1) is 11.3 Å². The number of piperidine rings is 1. The third kappa shape index (κ3) is 1.11. The molecule has 3 heteroatoms. The first-order valence-electron chi connectivity index (χ1n) is 4.86. The van der Waals surface area contributed by atoms with Gasteiger partial charge in [0.15, 0.2) is 0 Å². The number of rotatable bonds is 0. The standard InChI is InChI=1S/C10H14N2S/c1-12-3-2-9-7(4-12)8-5-13-6-10(8)11-9/h5-7,9,11H,2-4H2,1H3. The fourth-order valence-corrected chi connectivity index (χ4v) is 3.37. The van der Waals surface area contributed by atoms with Gasteiger partial charge in [-0.2, -0.15) is 0 Å². The lowest BCUT2D eigenvalue weighted by Gasteiger charge is -2.32. The van der Waals surface area contributed by atoms with Gasteiger partial charge >= 0.3 is 0 Å². The predicted octanol–water partition coefficient (Wildman–Crippen LogP) is 1.96. The lowest BCUT2D eigenvalue weighted by molar-refractivity contribution is 0.243. The van der Waals surface area contributed by atoms with Gasteiger partial charge < -0.3 is 10.2 Å². The van der Waals surface area contributed by atoms with Gasteiger partial charge in [-0.3, -0.25) is 0 Å². The van der Waals surface area contributed by atoms with Crippen LogP contribution in [-0.4, -0.2) is 31.1 Å². The molecule has 3 heterocycles. The van der Waals surface area contributed by atoms with Crippen molar-refractivity contribution in [2.75, 3.05) is 25.5 Å². The maximum atomic E-state index is 3.62. The smallest absolute Gasteiger partial charge is 0.0487 e. The van der Waals surface area contributed by atoms with Crippen LogP contribution in [0, 0.1) is 0 Å². The second-order valence-electron chi connectivity index (χ2n) is 4.15. The number of hydrogen-bond acceptors (Lipinski definition) is 3. The maximum Gasteiger partial charge on any atom is 0.0487 e. The normalized spacial score (nSPS) is 32.4. The number of fused-ring (bicyclic) bond motifs is 3. The highest BCUT2D eigenvalue weighted by atomic mass is 32.1. The molecule has 1 aromatic rings. The average molecular weight is 194 g/mol. The molecule has 2 aliphatic heterocycles. The molecule has 2 atom stereocenters. The molecule has 0 aromatic carbocycles. The largest absolute Gasteiger partial charge is 0.381 e. The number of nitrogens with zero attached hydrogens (tertiary/aromatic N) is 1. The van der Waals surface area contributed by atoms with Crippen molar-refractivity contribution in [2.45, 2.75) is 18.4 Å². The number of thiophene rings is 1. The first-order chi connectivity index (χ1) is 6.34. The fraction of sp³-hybridized carbons (Fsp3) is 0.600. The van der Waals surface area contributed by atoms with Crippen molar-refractivity contribution in [2.24, 2.45) is 0 Å². The summed E-state index contributed by atoms with van der Waals surface area (Å²) in [7, 11) is 2.22. The molecule has 0 aliphatic carbocycles. The first-order valence-corrected chi connectivity index (χ1v) is 5.80. The summed E-state index contributed by atoms with van der Waals surface area (Å²) in [5.74, 6) is 0.750. The Kier molecular flexibility index (Phi) is 1.64. The Bertz CT molecular complexity index is 320. The Labute approximate surface area is 82.6 Å². The molecule has 1 aromatic heterocycles. The third-order valence-corrected chi connectivity index (χ3v) is 4.01. The number of hydrogen-bond donors (Lipinski definition) is 1. The van der Waals surface area contributed by atoms with E-state index in [1.807, 2.05) is 11.3 Å². The van der Waals surface area contributed by atoms with Crippen LogP contribution in [0.1, 0.15) is 17.9 Å². The van der Waals surface area contributed by atoms with Crippen LogP contribution in [0.4, 0.5) is 5.69 Å². The first kappa shape index (κ1) is 7.83. The summed E-state index contributed by atoms with van der Waals surface area (Å²) in [6, 6.07) is 0.717. The zero-order valence-electron chi connectivity index (χ0n) is 7.79. The van der Waals surface area contributed by atoms with Gasteiger partial charge in [0.05, 0.1) is 0 Å². The van der Waals surface area contributed by atoms with Crippen LogP contribution in [0.3, 0.4) is 0 Å². The zero-order valence-corrected chi connectivity index (χ0v) is 8.60. The summed E-state index contributed by atoms with van der Waals surface area (Å²) in [4.78, 5) is 2.44. The van der Waals surface area contributed by atoms with Crippen LogP contribution >= 0.6 is 11.3 Å². The summed E-state index contributed by atoms with van der Waals surface area (Å²) in [5.41, 5.74) is 2.96. The van der Waals surface area contributed by atoms with E-state index in [2.05, 4.69) is 28.0 Å². The van der Waals surface area contributed by atoms with Gasteiger partial charge in [0.1, 0.15) is 0 Å². The van der Waals surface area contributed by atoms with Gasteiger partial charge in [0.25, 0.3) is 0 Å². The van der Waals surface area contributed by atoms with Crippen LogP contribution in [0.5, 0.6) is 0 Å². The molecule has 1 saturated heterocycles. The minimum absolute atomic E-state index is 0.717. The predicted molar refractivity (Wildman–Crippen MR) is 56.6 cm³/mol. The van der Waals surface area contributed by atoms with Crippen LogP contribution in [-0.2, 0) is 0 Å². The average Bonchev–Trinajstić information content (AvgIpc) is 2.64. The van der Waals surface area contributed by atoms with Gasteiger partial charge in [-0.1, -0.05) is 0 Å². The second-order valence-corrected chi connectivity index (χ2v) is 4.89. The number of likely N-dealkylation sites (N-methyl/N-ethyl adjacent to an activating group) is 1. The summed E-state index contributed by atoms with van der Waals surface area (Å²) in [6.07, 6.45) is 1.29. The summed E-state index contributed by atoms with van der Waals surface area (Å²) >= 11 is 1.82. The van der Waals surface area contributed by atoms with Gasteiger partial charge in [-0.05, 0) is 31.0 Å². The van der Waals surface area contributed by atoms with Crippen LogP contribution in [0.15, 0.2) is 10.8 Å². The molecule has 3 rings (SSSR count). The Morgan fingerprint density at radius 3 is 3.38 bits per heavy atom. The minimum atomic E-state index is 0.717. The molecular weight excluding hydrogens is 180 g/mol. The van der Waals surface area contributed by atoms with E-state index in [1.165, 1.54) is 25.2 Å². The Morgan fingerprint density at radius 2 is 2.46 bits per heavy atom. The van der Waals surface area contributed by atoms with Crippen LogP contribution in [0.2, 0.25) is 0 Å². The lowest BCUT2D eigenvalue weighted by atomic mass is 9.91. The number of likely N-dealkylation sites (tertiary alicyclic amines) is 1. The number of anilines is 1. The Hall–Kier alpha value is -0.540. The highest BCUT2D eigenvalue weighted by Crippen LogP contribution is 2.41. The number of nitrogens with one attached hydrogen (secondary N) is 1. The molecule has 13 heavy (non-hydrogen) atoms. The van der Waals surface area contributed by atoms with E-state index >= 15 is 0 Å². The van der Waals surface area contributed by atoms with Gasteiger partial charge in [0.2, 0.25) is 0 Å². The molecule has 1 fully saturated rings. The van der Waals surface area contributed by atoms with Crippen molar-refractivity contribution in [1.82, 2.24) is 4.90 Å². The van der Waals surface area contributed by atoms with Crippen molar-refractivity contribution < 1.29 is 0 Å². The van der Waals surface area contributed by atoms with Crippen molar-refractivity contribution in [3.63, 3.8) is 0 Å². The van der Waals surface area contributed by atoms with Gasteiger partial charge in [-0.25, -0.2) is 0 Å². The van der Waals surface area contributed by atoms with E-state index in [0.29, 0.717) is 0 Å². The SMILES string of the molecule is CN1CCC2Nc3cscc3C2C1. The van der Waals surface area contributed by atoms with Crippen LogP contribution < -0.4 is 5.32 Å². The third-order valence-electron chi connectivity index (χ3n) is 3.25. The second kappa shape index (κ2) is 2.72. The molecule has 0 spiro atoms. The van der Waals surface area contributed by atoms with Crippen molar-refractivity contribution in [1.29, 1.82) is 0 Å².